The molecule has 1 aliphatic heterocycles. The first-order chi connectivity index (χ1) is 14.9. The van der Waals surface area contributed by atoms with Crippen LogP contribution in [0.25, 0.3) is 11.3 Å². The standard InChI is InChI=1S/C21H19F3N4O3/c22-21(23,24)17-9-27-20(28-19(17)31-16-11-30-12-16)26-8-13-1-3-15(4-2-13)18-7-14(10-29)5-6-25-18/h1-7,9,16,29H,8,10-12H2,(H,26,27,28). The second-order valence-electron chi connectivity index (χ2n) is 6.95. The first kappa shape index (κ1) is 21.0. The molecule has 1 saturated heterocycles. The third-order valence-electron chi connectivity index (χ3n) is 4.65. The Hall–Kier alpha value is -3.24. The average Bonchev–Trinajstić information content (AvgIpc) is 2.74. The van der Waals surface area contributed by atoms with Crippen LogP contribution in [0, 0.1) is 0 Å². The molecule has 2 N–H and O–H groups in total. The molecule has 1 fully saturated rings. The van der Waals surface area contributed by atoms with Crippen molar-refractivity contribution in [1.29, 1.82) is 0 Å². The number of ether oxygens (including phenoxy) is 2. The fraction of sp³-hybridized carbons (Fsp3) is 0.286. The number of pyridine rings is 1. The molecule has 162 valence electrons. The van der Waals surface area contributed by atoms with E-state index < -0.39 is 23.7 Å². The van der Waals surface area contributed by atoms with Crippen LogP contribution < -0.4 is 10.1 Å². The maximum atomic E-state index is 13.2. The van der Waals surface area contributed by atoms with E-state index in [-0.39, 0.29) is 25.8 Å². The van der Waals surface area contributed by atoms with Gasteiger partial charge < -0.3 is 19.9 Å². The third-order valence-corrected chi connectivity index (χ3v) is 4.65. The minimum atomic E-state index is -4.62. The van der Waals surface area contributed by atoms with Gasteiger partial charge in [-0.15, -0.1) is 0 Å². The maximum absolute atomic E-state index is 13.2. The van der Waals surface area contributed by atoms with E-state index in [4.69, 9.17) is 9.47 Å². The molecule has 0 bridgehead atoms. The van der Waals surface area contributed by atoms with Gasteiger partial charge in [0.2, 0.25) is 11.8 Å². The van der Waals surface area contributed by atoms with Gasteiger partial charge in [-0.3, -0.25) is 4.98 Å². The van der Waals surface area contributed by atoms with E-state index in [1.807, 2.05) is 24.3 Å². The summed E-state index contributed by atoms with van der Waals surface area (Å²) in [5.41, 5.74) is 2.23. The van der Waals surface area contributed by atoms with Crippen LogP contribution in [0.3, 0.4) is 0 Å². The highest BCUT2D eigenvalue weighted by atomic mass is 19.4. The normalized spacial score (nSPS) is 14.2. The van der Waals surface area contributed by atoms with E-state index >= 15 is 0 Å². The number of nitrogens with one attached hydrogen (secondary N) is 1. The number of nitrogens with zero attached hydrogens (tertiary/aromatic N) is 3. The predicted octanol–water partition coefficient (Wildman–Crippen LogP) is 3.44. The lowest BCUT2D eigenvalue weighted by Gasteiger charge is -2.27. The predicted molar refractivity (Wildman–Crippen MR) is 105 cm³/mol. The van der Waals surface area contributed by atoms with Gasteiger partial charge in [-0.25, -0.2) is 4.98 Å². The van der Waals surface area contributed by atoms with Crippen LogP contribution in [0.2, 0.25) is 0 Å². The van der Waals surface area contributed by atoms with Crippen molar-refractivity contribution in [2.45, 2.75) is 25.4 Å². The summed E-state index contributed by atoms with van der Waals surface area (Å²) in [6.45, 7) is 0.699. The monoisotopic (exact) mass is 432 g/mol. The quantitative estimate of drug-likeness (QED) is 0.591. The van der Waals surface area contributed by atoms with Crippen LogP contribution in [0.1, 0.15) is 16.7 Å². The molecule has 31 heavy (non-hydrogen) atoms. The molecule has 1 aliphatic rings. The van der Waals surface area contributed by atoms with E-state index in [9.17, 15) is 18.3 Å². The van der Waals surface area contributed by atoms with Crippen molar-refractivity contribution in [2.75, 3.05) is 18.5 Å². The highest BCUT2D eigenvalue weighted by Crippen LogP contribution is 2.36. The second-order valence-corrected chi connectivity index (χ2v) is 6.95. The van der Waals surface area contributed by atoms with Gasteiger partial charge in [-0.1, -0.05) is 24.3 Å². The number of aliphatic hydroxyl groups is 1. The molecule has 0 spiro atoms. The number of benzene rings is 1. The van der Waals surface area contributed by atoms with E-state index in [0.29, 0.717) is 12.7 Å². The minimum absolute atomic E-state index is 0.0321. The number of rotatable bonds is 7. The number of hydrogen-bond donors (Lipinski definition) is 2. The van der Waals surface area contributed by atoms with Crippen molar-refractivity contribution in [3.8, 4) is 17.1 Å². The summed E-state index contributed by atoms with van der Waals surface area (Å²) in [5, 5.41) is 12.2. The molecule has 3 aromatic rings. The Labute approximate surface area is 175 Å². The number of anilines is 1. The lowest BCUT2D eigenvalue weighted by atomic mass is 10.1. The van der Waals surface area contributed by atoms with Crippen molar-refractivity contribution in [1.82, 2.24) is 15.0 Å². The lowest BCUT2D eigenvalue weighted by molar-refractivity contribution is -0.142. The van der Waals surface area contributed by atoms with Crippen LogP contribution in [-0.2, 0) is 24.1 Å². The third kappa shape index (κ3) is 5.09. The summed E-state index contributed by atoms with van der Waals surface area (Å²) in [7, 11) is 0. The Kier molecular flexibility index (Phi) is 6.01. The number of alkyl halides is 3. The van der Waals surface area contributed by atoms with Crippen molar-refractivity contribution in [3.63, 3.8) is 0 Å². The summed E-state index contributed by atoms with van der Waals surface area (Å²) in [6, 6.07) is 11.0. The zero-order valence-electron chi connectivity index (χ0n) is 16.3. The first-order valence-electron chi connectivity index (χ1n) is 9.50. The second kappa shape index (κ2) is 8.86. The fourth-order valence-corrected chi connectivity index (χ4v) is 2.88. The largest absolute Gasteiger partial charge is 0.469 e. The molecular formula is C21H19F3N4O3. The summed E-state index contributed by atoms with van der Waals surface area (Å²) >= 11 is 0. The molecule has 7 nitrogen and oxygen atoms in total. The topological polar surface area (TPSA) is 89.4 Å². The summed E-state index contributed by atoms with van der Waals surface area (Å²) < 4.78 is 49.9. The Morgan fingerprint density at radius 3 is 2.52 bits per heavy atom. The van der Waals surface area contributed by atoms with E-state index in [0.717, 1.165) is 22.4 Å². The lowest BCUT2D eigenvalue weighted by Crippen LogP contribution is -2.39. The van der Waals surface area contributed by atoms with Gasteiger partial charge in [0.1, 0.15) is 11.7 Å². The molecular weight excluding hydrogens is 413 g/mol. The number of aromatic nitrogens is 3. The van der Waals surface area contributed by atoms with Gasteiger partial charge in [0.15, 0.2) is 0 Å². The summed E-state index contributed by atoms with van der Waals surface area (Å²) in [5.74, 6) is -0.479. The number of halogens is 3. The molecule has 1 aromatic carbocycles. The highest BCUT2D eigenvalue weighted by molar-refractivity contribution is 5.60. The van der Waals surface area contributed by atoms with Crippen molar-refractivity contribution >= 4 is 5.95 Å². The highest BCUT2D eigenvalue weighted by Gasteiger charge is 2.37. The average molecular weight is 432 g/mol. The SMILES string of the molecule is OCc1ccnc(-c2ccc(CNc3ncc(C(F)(F)F)c(OC4COC4)n3)cc2)c1. The Morgan fingerprint density at radius 1 is 1.10 bits per heavy atom. The summed E-state index contributed by atoms with van der Waals surface area (Å²) in [4.78, 5) is 12.0. The maximum Gasteiger partial charge on any atom is 0.423 e. The van der Waals surface area contributed by atoms with Crippen LogP contribution in [-0.4, -0.2) is 39.4 Å². The van der Waals surface area contributed by atoms with Crippen molar-refractivity contribution in [2.24, 2.45) is 0 Å². The first-order valence-corrected chi connectivity index (χ1v) is 9.50. The zero-order chi connectivity index (χ0) is 21.8. The minimum Gasteiger partial charge on any atom is -0.469 e. The van der Waals surface area contributed by atoms with Gasteiger partial charge >= 0.3 is 6.18 Å². The number of hydrogen-bond acceptors (Lipinski definition) is 7. The fourth-order valence-electron chi connectivity index (χ4n) is 2.88. The van der Waals surface area contributed by atoms with Crippen LogP contribution in [0.4, 0.5) is 19.1 Å². The Balaban J connectivity index is 1.45. The van der Waals surface area contributed by atoms with Gasteiger partial charge in [0.05, 0.1) is 25.5 Å². The Morgan fingerprint density at radius 2 is 1.87 bits per heavy atom. The van der Waals surface area contributed by atoms with Crippen LogP contribution in [0.15, 0.2) is 48.8 Å². The smallest absolute Gasteiger partial charge is 0.423 e. The van der Waals surface area contributed by atoms with Crippen molar-refractivity contribution in [3.05, 3.63) is 65.5 Å². The molecule has 0 atom stereocenters. The van der Waals surface area contributed by atoms with Gasteiger partial charge in [-0.2, -0.15) is 18.2 Å². The van der Waals surface area contributed by atoms with Crippen LogP contribution in [0.5, 0.6) is 5.88 Å². The molecule has 0 amide bonds. The zero-order valence-corrected chi connectivity index (χ0v) is 16.3. The van der Waals surface area contributed by atoms with E-state index in [1.54, 1.807) is 18.3 Å². The van der Waals surface area contributed by atoms with E-state index in [2.05, 4.69) is 20.3 Å². The molecule has 10 heteroatoms. The van der Waals surface area contributed by atoms with E-state index in [1.165, 1.54) is 0 Å². The van der Waals surface area contributed by atoms with Crippen molar-refractivity contribution < 1.29 is 27.8 Å². The van der Waals surface area contributed by atoms with Gasteiger partial charge in [-0.05, 0) is 23.3 Å². The van der Waals surface area contributed by atoms with Crippen LogP contribution >= 0.6 is 0 Å². The van der Waals surface area contributed by atoms with Gasteiger partial charge in [0, 0.05) is 24.5 Å². The molecule has 4 rings (SSSR count). The summed E-state index contributed by atoms with van der Waals surface area (Å²) in [6.07, 6.45) is -2.72. The molecule has 0 aliphatic carbocycles. The molecule has 0 unspecified atom stereocenters. The Bertz CT molecular complexity index is 1040. The number of aliphatic hydroxyl groups excluding tert-OH is 1. The molecule has 0 radical (unpaired) electrons. The molecule has 3 heterocycles. The molecule has 0 saturated carbocycles. The van der Waals surface area contributed by atoms with Gasteiger partial charge in [0.25, 0.3) is 0 Å². The molecule has 2 aromatic heterocycles.